The fourth-order valence-electron chi connectivity index (χ4n) is 3.65. The molecule has 0 aliphatic carbocycles. The van der Waals surface area contributed by atoms with Crippen LogP contribution in [-0.2, 0) is 15.3 Å². The lowest BCUT2D eigenvalue weighted by Gasteiger charge is -2.44. The fraction of sp³-hybridized carbons (Fsp3) is 0.478. The SMILES string of the molecule is CCC(O)CCCC1CCOC(c2ccccc2)(C(O)c2ccccc2)O1. The number of hydrogen-bond donors (Lipinski definition) is 2. The van der Waals surface area contributed by atoms with Crippen LogP contribution in [0.4, 0.5) is 0 Å². The smallest absolute Gasteiger partial charge is 0.226 e. The molecule has 4 heteroatoms. The molecule has 0 aromatic heterocycles. The third kappa shape index (κ3) is 4.77. The van der Waals surface area contributed by atoms with Crippen molar-refractivity contribution >= 4 is 0 Å². The molecule has 1 fully saturated rings. The molecular weight excluding hydrogens is 340 g/mol. The van der Waals surface area contributed by atoms with Gasteiger partial charge in [0.2, 0.25) is 5.79 Å². The van der Waals surface area contributed by atoms with Crippen molar-refractivity contribution in [3.8, 4) is 0 Å². The van der Waals surface area contributed by atoms with Gasteiger partial charge >= 0.3 is 0 Å². The van der Waals surface area contributed by atoms with E-state index in [1.54, 1.807) is 0 Å². The molecule has 2 aromatic carbocycles. The summed E-state index contributed by atoms with van der Waals surface area (Å²) in [5.41, 5.74) is 1.59. The monoisotopic (exact) mass is 370 g/mol. The molecule has 1 aliphatic heterocycles. The van der Waals surface area contributed by atoms with Gasteiger partial charge in [-0.25, -0.2) is 0 Å². The Labute approximate surface area is 161 Å². The zero-order valence-corrected chi connectivity index (χ0v) is 16.0. The van der Waals surface area contributed by atoms with Crippen LogP contribution in [-0.4, -0.2) is 29.0 Å². The van der Waals surface area contributed by atoms with Crippen LogP contribution in [0.3, 0.4) is 0 Å². The second-order valence-electron chi connectivity index (χ2n) is 7.22. The van der Waals surface area contributed by atoms with Gasteiger partial charge in [-0.2, -0.15) is 0 Å². The minimum atomic E-state index is -1.21. The van der Waals surface area contributed by atoms with E-state index < -0.39 is 11.9 Å². The van der Waals surface area contributed by atoms with E-state index in [2.05, 4.69) is 0 Å². The van der Waals surface area contributed by atoms with Crippen LogP contribution >= 0.6 is 0 Å². The Balaban J connectivity index is 1.82. The van der Waals surface area contributed by atoms with Crippen LogP contribution in [0.5, 0.6) is 0 Å². The van der Waals surface area contributed by atoms with Gasteiger partial charge in [-0.3, -0.25) is 0 Å². The molecule has 146 valence electrons. The van der Waals surface area contributed by atoms with Crippen LogP contribution < -0.4 is 0 Å². The summed E-state index contributed by atoms with van der Waals surface area (Å²) >= 11 is 0. The van der Waals surface area contributed by atoms with E-state index in [-0.39, 0.29) is 12.2 Å². The lowest BCUT2D eigenvalue weighted by molar-refractivity contribution is -0.343. The van der Waals surface area contributed by atoms with Crippen molar-refractivity contribution in [1.82, 2.24) is 0 Å². The van der Waals surface area contributed by atoms with Crippen molar-refractivity contribution in [1.29, 1.82) is 0 Å². The van der Waals surface area contributed by atoms with Crippen LogP contribution in [0, 0.1) is 0 Å². The second kappa shape index (κ2) is 9.47. The Morgan fingerprint density at radius 2 is 1.70 bits per heavy atom. The first kappa shape index (κ1) is 20.0. The molecule has 27 heavy (non-hydrogen) atoms. The molecule has 4 nitrogen and oxygen atoms in total. The first-order valence-corrected chi connectivity index (χ1v) is 9.94. The minimum absolute atomic E-state index is 0.0126. The normalized spacial score (nSPS) is 25.1. The zero-order chi connectivity index (χ0) is 19.1. The van der Waals surface area contributed by atoms with Crippen molar-refractivity contribution in [2.75, 3.05) is 6.61 Å². The van der Waals surface area contributed by atoms with E-state index in [9.17, 15) is 10.2 Å². The molecule has 2 aromatic rings. The summed E-state index contributed by atoms with van der Waals surface area (Å²) in [5.74, 6) is -1.21. The summed E-state index contributed by atoms with van der Waals surface area (Å²) in [5, 5.41) is 21.0. The molecule has 3 rings (SSSR count). The Morgan fingerprint density at radius 3 is 2.37 bits per heavy atom. The summed E-state index contributed by atoms with van der Waals surface area (Å²) in [4.78, 5) is 0. The summed E-state index contributed by atoms with van der Waals surface area (Å²) < 4.78 is 12.6. The molecule has 4 unspecified atom stereocenters. The minimum Gasteiger partial charge on any atom is -0.393 e. The van der Waals surface area contributed by atoms with E-state index in [4.69, 9.17) is 9.47 Å². The first-order chi connectivity index (χ1) is 13.2. The van der Waals surface area contributed by atoms with E-state index in [0.717, 1.165) is 43.2 Å². The predicted molar refractivity (Wildman–Crippen MR) is 105 cm³/mol. The van der Waals surface area contributed by atoms with E-state index in [0.29, 0.717) is 6.61 Å². The Kier molecular flexibility index (Phi) is 7.02. The van der Waals surface area contributed by atoms with Crippen molar-refractivity contribution in [2.45, 2.75) is 63.1 Å². The van der Waals surface area contributed by atoms with E-state index in [1.165, 1.54) is 0 Å². The molecule has 0 bridgehead atoms. The molecule has 2 N–H and O–H groups in total. The van der Waals surface area contributed by atoms with Gasteiger partial charge in [-0.05, 0) is 37.7 Å². The Hall–Kier alpha value is -1.72. The van der Waals surface area contributed by atoms with Crippen LogP contribution in [0.15, 0.2) is 60.7 Å². The molecule has 0 amide bonds. The van der Waals surface area contributed by atoms with Gasteiger partial charge in [0.25, 0.3) is 0 Å². The quantitative estimate of drug-likeness (QED) is 0.727. The number of rotatable bonds is 8. The summed E-state index contributed by atoms with van der Waals surface area (Å²) in [6, 6.07) is 19.2. The van der Waals surface area contributed by atoms with Gasteiger partial charge in [0, 0.05) is 5.56 Å². The van der Waals surface area contributed by atoms with E-state index in [1.807, 2.05) is 67.6 Å². The van der Waals surface area contributed by atoms with Gasteiger partial charge in [0.15, 0.2) is 0 Å². The fourth-order valence-corrected chi connectivity index (χ4v) is 3.65. The molecular formula is C23H30O4. The van der Waals surface area contributed by atoms with Crippen molar-refractivity contribution < 1.29 is 19.7 Å². The molecule has 0 radical (unpaired) electrons. The van der Waals surface area contributed by atoms with Gasteiger partial charge in [0.05, 0.1) is 18.8 Å². The number of aliphatic hydroxyl groups excluding tert-OH is 2. The predicted octanol–water partition coefficient (Wildman–Crippen LogP) is 4.32. The topological polar surface area (TPSA) is 58.9 Å². The van der Waals surface area contributed by atoms with E-state index >= 15 is 0 Å². The molecule has 4 atom stereocenters. The maximum Gasteiger partial charge on any atom is 0.226 e. The van der Waals surface area contributed by atoms with Gasteiger partial charge in [-0.1, -0.05) is 67.6 Å². The van der Waals surface area contributed by atoms with Crippen molar-refractivity contribution in [3.05, 3.63) is 71.8 Å². The molecule has 0 saturated carbocycles. The molecule has 0 spiro atoms. The maximum atomic E-state index is 11.2. The second-order valence-corrected chi connectivity index (χ2v) is 7.22. The number of hydrogen-bond acceptors (Lipinski definition) is 4. The lowest BCUT2D eigenvalue weighted by atomic mass is 9.92. The number of ether oxygens (including phenoxy) is 2. The molecule has 1 heterocycles. The molecule has 1 saturated heterocycles. The highest BCUT2D eigenvalue weighted by Gasteiger charge is 2.47. The summed E-state index contributed by atoms with van der Waals surface area (Å²) in [6.45, 7) is 2.52. The Morgan fingerprint density at radius 1 is 1.04 bits per heavy atom. The number of benzene rings is 2. The van der Waals surface area contributed by atoms with Gasteiger partial charge in [-0.15, -0.1) is 0 Å². The molecule has 1 aliphatic rings. The third-order valence-corrected chi connectivity index (χ3v) is 5.28. The average Bonchev–Trinajstić information content (AvgIpc) is 2.74. The summed E-state index contributed by atoms with van der Waals surface area (Å²) in [7, 11) is 0. The Bertz CT molecular complexity index is 675. The largest absolute Gasteiger partial charge is 0.393 e. The average molecular weight is 370 g/mol. The van der Waals surface area contributed by atoms with Gasteiger partial charge < -0.3 is 19.7 Å². The lowest BCUT2D eigenvalue weighted by Crippen LogP contribution is -2.47. The van der Waals surface area contributed by atoms with Crippen LogP contribution in [0.2, 0.25) is 0 Å². The van der Waals surface area contributed by atoms with Gasteiger partial charge in [0.1, 0.15) is 6.10 Å². The standard InChI is InChI=1S/C23H30O4/c1-2-20(24)14-9-15-21-16-17-26-23(27-21,19-12-7-4-8-13-19)22(25)18-10-5-3-6-11-18/h3-8,10-13,20-22,24-25H,2,9,14-17H2,1H3. The highest BCUT2D eigenvalue weighted by atomic mass is 16.7. The third-order valence-electron chi connectivity index (χ3n) is 5.28. The van der Waals surface area contributed by atoms with Crippen LogP contribution in [0.25, 0.3) is 0 Å². The zero-order valence-electron chi connectivity index (χ0n) is 16.0. The summed E-state index contributed by atoms with van der Waals surface area (Å²) in [6.07, 6.45) is 2.89. The first-order valence-electron chi connectivity index (χ1n) is 9.94. The van der Waals surface area contributed by atoms with Crippen molar-refractivity contribution in [3.63, 3.8) is 0 Å². The highest BCUT2D eigenvalue weighted by Crippen LogP contribution is 2.44. The number of aliphatic hydroxyl groups is 2. The highest BCUT2D eigenvalue weighted by molar-refractivity contribution is 5.28. The van der Waals surface area contributed by atoms with Crippen LogP contribution in [0.1, 0.15) is 56.3 Å². The van der Waals surface area contributed by atoms with Crippen molar-refractivity contribution in [2.24, 2.45) is 0 Å². The maximum absolute atomic E-state index is 11.2.